The first kappa shape index (κ1) is 35.0. The van der Waals surface area contributed by atoms with Gasteiger partial charge in [0.15, 0.2) is 0 Å². The topological polar surface area (TPSA) is 16.4 Å². The first-order valence-electron chi connectivity index (χ1n) is 21.0. The van der Waals surface area contributed by atoms with Crippen LogP contribution in [-0.4, -0.2) is 0 Å². The molecule has 1 aromatic heterocycles. The third-order valence-corrected chi connectivity index (χ3v) is 12.8. The Labute approximate surface area is 355 Å². The van der Waals surface area contributed by atoms with Crippen molar-refractivity contribution in [1.82, 2.24) is 0 Å². The molecule has 1 heterocycles. The fourth-order valence-corrected chi connectivity index (χ4v) is 9.97. The number of hydrogen-bond donors (Lipinski definition) is 0. The van der Waals surface area contributed by atoms with Gasteiger partial charge in [0.05, 0.1) is 11.1 Å². The van der Waals surface area contributed by atoms with Crippen LogP contribution in [0, 0.1) is 0 Å². The Hall–Kier alpha value is -7.94. The molecule has 0 aliphatic heterocycles. The Bertz CT molecular complexity index is 3360. The van der Waals surface area contributed by atoms with E-state index in [1.807, 2.05) is 12.1 Å². The lowest BCUT2D eigenvalue weighted by molar-refractivity contribution is 0.669. The van der Waals surface area contributed by atoms with Crippen molar-refractivity contribution in [2.24, 2.45) is 0 Å². The first-order chi connectivity index (χ1) is 30.2. The van der Waals surface area contributed by atoms with Gasteiger partial charge in [-0.1, -0.05) is 188 Å². The van der Waals surface area contributed by atoms with E-state index in [1.165, 1.54) is 66.4 Å². The maximum absolute atomic E-state index is 6.10. The second-order valence-electron chi connectivity index (χ2n) is 16.0. The molecule has 0 atom stereocenters. The van der Waals surface area contributed by atoms with Crippen LogP contribution in [0.2, 0.25) is 0 Å². The summed E-state index contributed by atoms with van der Waals surface area (Å²) in [5, 5.41) is 4.69. The molecule has 12 rings (SSSR count). The van der Waals surface area contributed by atoms with E-state index in [-0.39, 0.29) is 0 Å². The predicted molar refractivity (Wildman–Crippen MR) is 254 cm³/mol. The van der Waals surface area contributed by atoms with Crippen molar-refractivity contribution >= 4 is 49.8 Å². The van der Waals surface area contributed by atoms with E-state index in [1.54, 1.807) is 0 Å². The van der Waals surface area contributed by atoms with E-state index >= 15 is 0 Å². The fraction of sp³-hybridized carbons (Fsp3) is 0.0169. The quantitative estimate of drug-likeness (QED) is 0.160. The largest absolute Gasteiger partial charge is 0.456 e. The van der Waals surface area contributed by atoms with Gasteiger partial charge < -0.3 is 9.32 Å². The smallest absolute Gasteiger partial charge is 0.135 e. The summed E-state index contributed by atoms with van der Waals surface area (Å²) < 4.78 is 6.10. The SMILES string of the molecule is c1ccc(C2(c3ccccc3)c3ccccc3-c3ccc(N(c4ccc(-c5ccc(-c6ccc7oc8ccccc8c7c6)cc5)cc4)c4cccc5ccccc45)cc32)cc1. The molecule has 0 saturated heterocycles. The normalized spacial score (nSPS) is 12.7. The second kappa shape index (κ2) is 14.1. The summed E-state index contributed by atoms with van der Waals surface area (Å²) in [6.07, 6.45) is 0. The van der Waals surface area contributed by atoms with E-state index in [0.717, 1.165) is 39.0 Å². The monoisotopic (exact) mass is 777 g/mol. The van der Waals surface area contributed by atoms with Crippen LogP contribution >= 0.6 is 0 Å². The van der Waals surface area contributed by atoms with Crippen LogP contribution in [0.25, 0.3) is 66.1 Å². The summed E-state index contributed by atoms with van der Waals surface area (Å²) in [4.78, 5) is 2.44. The Morgan fingerprint density at radius 3 is 1.62 bits per heavy atom. The van der Waals surface area contributed by atoms with Gasteiger partial charge in [-0.15, -0.1) is 0 Å². The fourth-order valence-electron chi connectivity index (χ4n) is 9.97. The summed E-state index contributed by atoms with van der Waals surface area (Å²) in [5.41, 5.74) is 17.0. The van der Waals surface area contributed by atoms with Gasteiger partial charge in [-0.05, 0) is 110 Å². The van der Waals surface area contributed by atoms with Gasteiger partial charge in [-0.3, -0.25) is 0 Å². The van der Waals surface area contributed by atoms with Crippen molar-refractivity contribution in [3.05, 3.63) is 259 Å². The molecule has 61 heavy (non-hydrogen) atoms. The zero-order valence-electron chi connectivity index (χ0n) is 33.4. The van der Waals surface area contributed by atoms with Crippen LogP contribution in [0.4, 0.5) is 17.1 Å². The number of benzene rings is 10. The van der Waals surface area contributed by atoms with Crippen molar-refractivity contribution in [1.29, 1.82) is 0 Å². The number of furan rings is 1. The van der Waals surface area contributed by atoms with Gasteiger partial charge in [-0.25, -0.2) is 0 Å². The summed E-state index contributed by atoms with van der Waals surface area (Å²) in [7, 11) is 0. The van der Waals surface area contributed by atoms with E-state index in [2.05, 4.69) is 229 Å². The molecule has 0 unspecified atom stereocenters. The summed E-state index contributed by atoms with van der Waals surface area (Å²) >= 11 is 0. The van der Waals surface area contributed by atoms with Gasteiger partial charge in [-0.2, -0.15) is 0 Å². The van der Waals surface area contributed by atoms with Crippen LogP contribution in [-0.2, 0) is 5.41 Å². The number of para-hydroxylation sites is 1. The third-order valence-electron chi connectivity index (χ3n) is 12.8. The zero-order valence-corrected chi connectivity index (χ0v) is 33.4. The molecule has 0 amide bonds. The maximum atomic E-state index is 6.10. The first-order valence-corrected chi connectivity index (χ1v) is 21.0. The van der Waals surface area contributed by atoms with E-state index in [0.29, 0.717) is 0 Å². The molecule has 1 aliphatic rings. The highest BCUT2D eigenvalue weighted by molar-refractivity contribution is 6.06. The molecule has 0 radical (unpaired) electrons. The zero-order chi connectivity index (χ0) is 40.3. The standard InChI is InChI=1S/C59H39NO/c1-3-16-45(17-4-1)59(46-18-5-2-6-19-46)54-23-11-9-21-50(54)51-36-35-48(39-55(51)59)60(56-24-13-15-43-14-7-8-20-49(43)56)47-33-30-41(31-34-47)40-26-28-42(29-27-40)44-32-37-58-53(38-44)52-22-10-12-25-57(52)61-58/h1-39H. The number of hydrogen-bond acceptors (Lipinski definition) is 2. The average molecular weight is 778 g/mol. The number of nitrogens with zero attached hydrogens (tertiary/aromatic N) is 1. The Morgan fingerprint density at radius 2 is 0.869 bits per heavy atom. The number of anilines is 3. The second-order valence-corrected chi connectivity index (χ2v) is 16.0. The molecule has 0 N–H and O–H groups in total. The third kappa shape index (κ3) is 5.57. The van der Waals surface area contributed by atoms with E-state index in [4.69, 9.17) is 4.42 Å². The number of rotatable bonds is 7. The van der Waals surface area contributed by atoms with E-state index < -0.39 is 5.41 Å². The highest BCUT2D eigenvalue weighted by Crippen LogP contribution is 2.57. The number of fused-ring (bicyclic) bond motifs is 7. The van der Waals surface area contributed by atoms with Gasteiger partial charge in [0, 0.05) is 27.5 Å². The Morgan fingerprint density at radius 1 is 0.328 bits per heavy atom. The molecule has 286 valence electrons. The van der Waals surface area contributed by atoms with Gasteiger partial charge in [0.2, 0.25) is 0 Å². The highest BCUT2D eigenvalue weighted by atomic mass is 16.3. The molecule has 0 spiro atoms. The summed E-state index contributed by atoms with van der Waals surface area (Å²) in [5.74, 6) is 0. The van der Waals surface area contributed by atoms with Crippen molar-refractivity contribution in [2.45, 2.75) is 5.41 Å². The molecule has 11 aromatic rings. The van der Waals surface area contributed by atoms with Crippen LogP contribution in [0.3, 0.4) is 0 Å². The minimum Gasteiger partial charge on any atom is -0.456 e. The van der Waals surface area contributed by atoms with Crippen molar-refractivity contribution < 1.29 is 4.42 Å². The molecule has 0 fully saturated rings. The predicted octanol–water partition coefficient (Wildman–Crippen LogP) is 15.9. The molecular weight excluding hydrogens is 739 g/mol. The van der Waals surface area contributed by atoms with Crippen LogP contribution in [0.5, 0.6) is 0 Å². The lowest BCUT2D eigenvalue weighted by Crippen LogP contribution is -2.28. The molecule has 10 aromatic carbocycles. The van der Waals surface area contributed by atoms with Gasteiger partial charge in [0.25, 0.3) is 0 Å². The molecule has 0 bridgehead atoms. The van der Waals surface area contributed by atoms with Crippen LogP contribution in [0.1, 0.15) is 22.3 Å². The van der Waals surface area contributed by atoms with Crippen molar-refractivity contribution in [3.8, 4) is 33.4 Å². The molecule has 1 aliphatic carbocycles. The Balaban J connectivity index is 0.980. The Kier molecular flexibility index (Phi) is 8.11. The average Bonchev–Trinajstić information content (AvgIpc) is 3.86. The van der Waals surface area contributed by atoms with Gasteiger partial charge >= 0.3 is 0 Å². The van der Waals surface area contributed by atoms with E-state index in [9.17, 15) is 0 Å². The molecule has 2 heteroatoms. The highest BCUT2D eigenvalue weighted by Gasteiger charge is 2.46. The minimum absolute atomic E-state index is 0.497. The lowest BCUT2D eigenvalue weighted by atomic mass is 9.67. The van der Waals surface area contributed by atoms with Crippen LogP contribution in [0.15, 0.2) is 241 Å². The van der Waals surface area contributed by atoms with Gasteiger partial charge in [0.1, 0.15) is 11.2 Å². The maximum Gasteiger partial charge on any atom is 0.135 e. The lowest BCUT2D eigenvalue weighted by Gasteiger charge is -2.35. The van der Waals surface area contributed by atoms with Crippen LogP contribution < -0.4 is 4.90 Å². The minimum atomic E-state index is -0.497. The summed E-state index contributed by atoms with van der Waals surface area (Å²) in [6.45, 7) is 0. The molecular formula is C59H39NO. The molecule has 2 nitrogen and oxygen atoms in total. The summed E-state index contributed by atoms with van der Waals surface area (Å²) in [6, 6.07) is 86.2. The van der Waals surface area contributed by atoms with Crippen molar-refractivity contribution in [2.75, 3.05) is 4.90 Å². The van der Waals surface area contributed by atoms with Crippen molar-refractivity contribution in [3.63, 3.8) is 0 Å². The molecule has 0 saturated carbocycles.